The average molecular weight is 354 g/mol. The van der Waals surface area contributed by atoms with Crippen LogP contribution < -0.4 is 5.32 Å². The maximum absolute atomic E-state index is 13.1. The summed E-state index contributed by atoms with van der Waals surface area (Å²) >= 11 is 0. The van der Waals surface area contributed by atoms with Crippen molar-refractivity contribution in [2.45, 2.75) is 57.3 Å². The monoisotopic (exact) mass is 354 g/mol. The summed E-state index contributed by atoms with van der Waals surface area (Å²) in [5.74, 6) is 0.499. The third-order valence-corrected chi connectivity index (χ3v) is 5.04. The number of nitrogens with one attached hydrogen (secondary N) is 1. The molecule has 2 fully saturated rings. The van der Waals surface area contributed by atoms with Crippen LogP contribution in [0.5, 0.6) is 0 Å². The molecule has 138 valence electrons. The zero-order chi connectivity index (χ0) is 17.9. The molecular formula is C19H25F3N2O. The number of halogens is 3. The van der Waals surface area contributed by atoms with E-state index in [4.69, 9.17) is 0 Å². The van der Waals surface area contributed by atoms with Crippen molar-refractivity contribution in [1.82, 2.24) is 10.2 Å². The Morgan fingerprint density at radius 2 is 1.96 bits per heavy atom. The van der Waals surface area contributed by atoms with E-state index >= 15 is 0 Å². The molecule has 0 bridgehead atoms. The van der Waals surface area contributed by atoms with Crippen molar-refractivity contribution in [1.29, 1.82) is 0 Å². The smallest absolute Gasteiger partial charge is 0.353 e. The summed E-state index contributed by atoms with van der Waals surface area (Å²) in [5, 5.41) is 2.99. The van der Waals surface area contributed by atoms with Gasteiger partial charge in [-0.3, -0.25) is 9.69 Å². The van der Waals surface area contributed by atoms with Crippen LogP contribution in [0.15, 0.2) is 24.3 Å². The largest absolute Gasteiger partial charge is 0.416 e. The Morgan fingerprint density at radius 3 is 2.68 bits per heavy atom. The van der Waals surface area contributed by atoms with Gasteiger partial charge in [0.25, 0.3) is 0 Å². The van der Waals surface area contributed by atoms with E-state index in [9.17, 15) is 18.0 Å². The highest BCUT2D eigenvalue weighted by Gasteiger charge is 2.33. The van der Waals surface area contributed by atoms with Gasteiger partial charge in [0.15, 0.2) is 0 Å². The number of carbonyl (C=O) groups excluding carboxylic acids is 1. The van der Waals surface area contributed by atoms with Gasteiger partial charge in [-0.1, -0.05) is 18.2 Å². The van der Waals surface area contributed by atoms with Crippen LogP contribution in [0.4, 0.5) is 13.2 Å². The lowest BCUT2D eigenvalue weighted by atomic mass is 9.92. The van der Waals surface area contributed by atoms with E-state index in [0.29, 0.717) is 30.5 Å². The van der Waals surface area contributed by atoms with Gasteiger partial charge in [0.05, 0.1) is 5.56 Å². The van der Waals surface area contributed by atoms with Crippen LogP contribution >= 0.6 is 0 Å². The first kappa shape index (κ1) is 18.2. The maximum Gasteiger partial charge on any atom is 0.416 e. The number of hydrogen-bond donors (Lipinski definition) is 1. The third-order valence-electron chi connectivity index (χ3n) is 5.04. The number of carbonyl (C=O) groups is 1. The topological polar surface area (TPSA) is 32.3 Å². The molecule has 1 N–H and O–H groups in total. The highest BCUT2D eigenvalue weighted by Crippen LogP contribution is 2.33. The van der Waals surface area contributed by atoms with E-state index in [2.05, 4.69) is 10.2 Å². The van der Waals surface area contributed by atoms with Crippen LogP contribution in [-0.2, 0) is 17.5 Å². The van der Waals surface area contributed by atoms with E-state index in [1.807, 2.05) is 0 Å². The first-order valence-corrected chi connectivity index (χ1v) is 9.08. The summed E-state index contributed by atoms with van der Waals surface area (Å²) in [6, 6.07) is 6.20. The zero-order valence-electron chi connectivity index (χ0n) is 14.3. The third kappa shape index (κ3) is 5.46. The van der Waals surface area contributed by atoms with Gasteiger partial charge in [-0.2, -0.15) is 13.2 Å². The summed E-state index contributed by atoms with van der Waals surface area (Å²) in [4.78, 5) is 13.9. The summed E-state index contributed by atoms with van der Waals surface area (Å²) < 4.78 is 39.4. The Hall–Kier alpha value is -1.56. The van der Waals surface area contributed by atoms with Crippen molar-refractivity contribution in [3.63, 3.8) is 0 Å². The molecule has 2 aliphatic rings. The molecule has 0 aromatic heterocycles. The van der Waals surface area contributed by atoms with Crippen LogP contribution in [0.25, 0.3) is 0 Å². The Bertz CT molecular complexity index is 599. The molecule has 1 amide bonds. The highest BCUT2D eigenvalue weighted by molar-refractivity contribution is 5.76. The van der Waals surface area contributed by atoms with Gasteiger partial charge in [-0.15, -0.1) is 0 Å². The predicted molar refractivity (Wildman–Crippen MR) is 89.8 cm³/mol. The van der Waals surface area contributed by atoms with Gasteiger partial charge < -0.3 is 5.32 Å². The maximum atomic E-state index is 13.1. The molecule has 1 aliphatic carbocycles. The zero-order valence-corrected chi connectivity index (χ0v) is 14.3. The van der Waals surface area contributed by atoms with Gasteiger partial charge in [0.2, 0.25) is 5.91 Å². The molecule has 1 saturated heterocycles. The lowest BCUT2D eigenvalue weighted by Crippen LogP contribution is -2.36. The Kier molecular flexibility index (Phi) is 5.67. The first-order valence-electron chi connectivity index (χ1n) is 9.08. The molecule has 1 heterocycles. The highest BCUT2D eigenvalue weighted by atomic mass is 19.4. The second-order valence-electron chi connectivity index (χ2n) is 7.28. The lowest BCUT2D eigenvalue weighted by molar-refractivity contribution is -0.138. The molecule has 1 aliphatic heterocycles. The standard InChI is InChI=1S/C19H25F3N2O/c20-19(21,22)17-6-2-1-5-15(17)13-24-11-3-4-14(12-24)7-10-18(25)23-16-8-9-16/h1-2,5-6,14,16H,3-4,7-13H2,(H,23,25)/t14-/m1/s1. The van der Waals surface area contributed by atoms with Crippen LogP contribution in [0.3, 0.4) is 0 Å². The summed E-state index contributed by atoms with van der Waals surface area (Å²) in [6.07, 6.45) is 1.22. The number of hydrogen-bond acceptors (Lipinski definition) is 2. The van der Waals surface area contributed by atoms with E-state index in [0.717, 1.165) is 51.3 Å². The second kappa shape index (κ2) is 7.77. The Labute approximate surface area is 146 Å². The van der Waals surface area contributed by atoms with Crippen LogP contribution in [0.2, 0.25) is 0 Å². The molecule has 0 radical (unpaired) electrons. The van der Waals surface area contributed by atoms with E-state index in [1.54, 1.807) is 12.1 Å². The predicted octanol–water partition coefficient (Wildman–Crippen LogP) is 3.98. The summed E-state index contributed by atoms with van der Waals surface area (Å²) in [5.41, 5.74) is -0.205. The minimum atomic E-state index is -4.31. The molecule has 1 atom stereocenters. The van der Waals surface area contributed by atoms with Gasteiger partial charge in [0, 0.05) is 25.6 Å². The Morgan fingerprint density at radius 1 is 1.20 bits per heavy atom. The van der Waals surface area contributed by atoms with Crippen molar-refractivity contribution in [2.75, 3.05) is 13.1 Å². The Balaban J connectivity index is 1.52. The number of likely N-dealkylation sites (tertiary alicyclic amines) is 1. The molecule has 3 rings (SSSR count). The fourth-order valence-corrected chi connectivity index (χ4v) is 3.57. The number of alkyl halides is 3. The molecule has 6 heteroatoms. The van der Waals surface area contributed by atoms with Crippen molar-refractivity contribution < 1.29 is 18.0 Å². The van der Waals surface area contributed by atoms with Crippen LogP contribution in [-0.4, -0.2) is 29.9 Å². The summed E-state index contributed by atoms with van der Waals surface area (Å²) in [6.45, 7) is 1.90. The summed E-state index contributed by atoms with van der Waals surface area (Å²) in [7, 11) is 0. The lowest BCUT2D eigenvalue weighted by Gasteiger charge is -2.33. The molecule has 0 spiro atoms. The second-order valence-corrected chi connectivity index (χ2v) is 7.28. The van der Waals surface area contributed by atoms with E-state index < -0.39 is 11.7 Å². The van der Waals surface area contributed by atoms with Gasteiger partial charge in [-0.25, -0.2) is 0 Å². The molecule has 25 heavy (non-hydrogen) atoms. The van der Waals surface area contributed by atoms with Gasteiger partial charge in [-0.05, 0) is 56.2 Å². The van der Waals surface area contributed by atoms with Gasteiger partial charge in [0.1, 0.15) is 0 Å². The fourth-order valence-electron chi connectivity index (χ4n) is 3.57. The first-order chi connectivity index (χ1) is 11.9. The number of amides is 1. The fraction of sp³-hybridized carbons (Fsp3) is 0.632. The molecule has 0 unspecified atom stereocenters. The van der Waals surface area contributed by atoms with Crippen LogP contribution in [0.1, 0.15) is 49.7 Å². The quantitative estimate of drug-likeness (QED) is 0.838. The minimum absolute atomic E-state index is 0.113. The van der Waals surface area contributed by atoms with Crippen LogP contribution in [0, 0.1) is 5.92 Å². The van der Waals surface area contributed by atoms with Gasteiger partial charge >= 0.3 is 6.18 Å². The average Bonchev–Trinajstić information content (AvgIpc) is 3.37. The molecule has 1 saturated carbocycles. The number of benzene rings is 1. The molecule has 1 aromatic carbocycles. The van der Waals surface area contributed by atoms with Crippen molar-refractivity contribution >= 4 is 5.91 Å². The normalized spacial score (nSPS) is 22.0. The van der Waals surface area contributed by atoms with Crippen molar-refractivity contribution in [3.05, 3.63) is 35.4 Å². The molecule has 1 aromatic rings. The molecule has 3 nitrogen and oxygen atoms in total. The van der Waals surface area contributed by atoms with E-state index in [1.165, 1.54) is 6.07 Å². The SMILES string of the molecule is O=C(CC[C@H]1CCCN(Cc2ccccc2C(F)(F)F)C1)NC1CC1. The van der Waals surface area contributed by atoms with E-state index in [-0.39, 0.29) is 5.91 Å². The van der Waals surface area contributed by atoms with Crippen molar-refractivity contribution in [2.24, 2.45) is 5.92 Å². The minimum Gasteiger partial charge on any atom is -0.353 e. The number of rotatable bonds is 6. The number of nitrogens with zero attached hydrogens (tertiary/aromatic N) is 1. The number of piperidine rings is 1. The van der Waals surface area contributed by atoms with Crippen molar-refractivity contribution in [3.8, 4) is 0 Å². The molecular weight excluding hydrogens is 329 g/mol.